The average Bonchev–Trinajstić information content (AvgIpc) is 2.40. The maximum atomic E-state index is 6.14. The van der Waals surface area contributed by atoms with Gasteiger partial charge in [-0.1, -0.05) is 50.5 Å². The minimum absolute atomic E-state index is 0.735. The fourth-order valence-electron chi connectivity index (χ4n) is 2.40. The molecule has 0 unspecified atom stereocenters. The molecule has 0 amide bonds. The Bertz CT molecular complexity index is 532. The number of fused-ring (bicyclic) bond motifs is 1. The highest BCUT2D eigenvalue weighted by Gasteiger charge is 2.07. The molecule has 2 nitrogen and oxygen atoms in total. The molecule has 2 aromatic carbocycles. The van der Waals surface area contributed by atoms with Crippen LogP contribution in [0.5, 0.6) is 0 Å². The molecule has 4 N–H and O–H groups in total. The minimum atomic E-state index is 0.735. The van der Waals surface area contributed by atoms with Gasteiger partial charge in [0.25, 0.3) is 0 Å². The van der Waals surface area contributed by atoms with Gasteiger partial charge in [-0.05, 0) is 29.9 Å². The van der Waals surface area contributed by atoms with E-state index < -0.39 is 0 Å². The second-order valence-electron chi connectivity index (χ2n) is 4.89. The number of aryl methyl sites for hydroxylation is 1. The van der Waals surface area contributed by atoms with Crippen molar-refractivity contribution in [1.29, 1.82) is 0 Å². The van der Waals surface area contributed by atoms with Crippen molar-refractivity contribution < 1.29 is 0 Å². The lowest BCUT2D eigenvalue weighted by Crippen LogP contribution is -2.01. The first kappa shape index (κ1) is 12.7. The van der Waals surface area contributed by atoms with Gasteiger partial charge in [-0.2, -0.15) is 0 Å². The molecule has 0 aliphatic heterocycles. The normalized spacial score (nSPS) is 10.9. The van der Waals surface area contributed by atoms with Crippen LogP contribution >= 0.6 is 0 Å². The summed E-state index contributed by atoms with van der Waals surface area (Å²) in [6, 6.07) is 10.4. The van der Waals surface area contributed by atoms with E-state index in [0.29, 0.717) is 0 Å². The molecule has 0 aliphatic rings. The van der Waals surface area contributed by atoms with Gasteiger partial charge in [0.05, 0.1) is 11.4 Å². The zero-order chi connectivity index (χ0) is 13.0. The molecule has 0 heterocycles. The standard InChI is InChI=1S/C16H22N2/c1-2-3-4-5-9-13-11-12-8-6-7-10-14(12)16(18)15(13)17/h6-8,10-11H,2-5,9,17-18H2,1H3. The summed E-state index contributed by atoms with van der Waals surface area (Å²) in [7, 11) is 0. The van der Waals surface area contributed by atoms with Gasteiger partial charge in [0, 0.05) is 5.39 Å². The maximum absolute atomic E-state index is 6.14. The van der Waals surface area contributed by atoms with E-state index in [4.69, 9.17) is 11.5 Å². The average molecular weight is 242 g/mol. The minimum Gasteiger partial charge on any atom is -0.397 e. The SMILES string of the molecule is CCCCCCc1cc2ccccc2c(N)c1N. The van der Waals surface area contributed by atoms with E-state index in [2.05, 4.69) is 19.1 Å². The Kier molecular flexibility index (Phi) is 4.08. The van der Waals surface area contributed by atoms with Crippen LogP contribution in [0.15, 0.2) is 30.3 Å². The summed E-state index contributed by atoms with van der Waals surface area (Å²) >= 11 is 0. The Balaban J connectivity index is 2.25. The molecule has 0 radical (unpaired) electrons. The van der Waals surface area contributed by atoms with Crippen molar-refractivity contribution in [2.75, 3.05) is 11.5 Å². The monoisotopic (exact) mass is 242 g/mol. The predicted octanol–water partition coefficient (Wildman–Crippen LogP) is 4.13. The first-order valence-electron chi connectivity index (χ1n) is 6.79. The lowest BCUT2D eigenvalue weighted by Gasteiger charge is -2.11. The molecule has 0 fully saturated rings. The van der Waals surface area contributed by atoms with Gasteiger partial charge < -0.3 is 11.5 Å². The third kappa shape index (κ3) is 2.58. The molecular formula is C16H22N2. The van der Waals surface area contributed by atoms with Crippen LogP contribution in [0.2, 0.25) is 0 Å². The van der Waals surface area contributed by atoms with E-state index in [1.165, 1.54) is 36.6 Å². The Morgan fingerprint density at radius 1 is 0.944 bits per heavy atom. The van der Waals surface area contributed by atoms with Crippen molar-refractivity contribution in [2.45, 2.75) is 39.0 Å². The molecular weight excluding hydrogens is 220 g/mol. The highest BCUT2D eigenvalue weighted by molar-refractivity contribution is 5.99. The van der Waals surface area contributed by atoms with Crippen molar-refractivity contribution in [3.63, 3.8) is 0 Å². The third-order valence-electron chi connectivity index (χ3n) is 3.52. The van der Waals surface area contributed by atoms with Gasteiger partial charge in [-0.15, -0.1) is 0 Å². The van der Waals surface area contributed by atoms with E-state index in [-0.39, 0.29) is 0 Å². The summed E-state index contributed by atoms with van der Waals surface area (Å²) in [6.45, 7) is 2.22. The van der Waals surface area contributed by atoms with Crippen molar-refractivity contribution in [1.82, 2.24) is 0 Å². The predicted molar refractivity (Wildman–Crippen MR) is 80.6 cm³/mol. The van der Waals surface area contributed by atoms with Gasteiger partial charge in [0.15, 0.2) is 0 Å². The van der Waals surface area contributed by atoms with Crippen LogP contribution in [0.3, 0.4) is 0 Å². The molecule has 0 aliphatic carbocycles. The molecule has 0 spiro atoms. The maximum Gasteiger partial charge on any atom is 0.0630 e. The van der Waals surface area contributed by atoms with E-state index >= 15 is 0 Å². The fourth-order valence-corrected chi connectivity index (χ4v) is 2.40. The number of hydrogen-bond donors (Lipinski definition) is 2. The van der Waals surface area contributed by atoms with Crippen LogP contribution in [0.25, 0.3) is 10.8 Å². The lowest BCUT2D eigenvalue weighted by atomic mass is 9.98. The zero-order valence-corrected chi connectivity index (χ0v) is 11.1. The molecule has 2 heteroatoms. The molecule has 18 heavy (non-hydrogen) atoms. The van der Waals surface area contributed by atoms with E-state index in [9.17, 15) is 0 Å². The number of nitrogens with two attached hydrogens (primary N) is 2. The summed E-state index contributed by atoms with van der Waals surface area (Å²) < 4.78 is 0. The van der Waals surface area contributed by atoms with Crippen molar-refractivity contribution >= 4 is 22.1 Å². The summed E-state index contributed by atoms with van der Waals surface area (Å²) in [5.41, 5.74) is 15.0. The molecule has 2 rings (SSSR count). The van der Waals surface area contributed by atoms with Crippen LogP contribution in [0, 0.1) is 0 Å². The quantitative estimate of drug-likeness (QED) is 0.612. The van der Waals surface area contributed by atoms with Crippen LogP contribution in [-0.4, -0.2) is 0 Å². The summed E-state index contributed by atoms with van der Waals surface area (Å²) in [5.74, 6) is 0. The fraction of sp³-hybridized carbons (Fsp3) is 0.375. The lowest BCUT2D eigenvalue weighted by molar-refractivity contribution is 0.667. The first-order chi connectivity index (χ1) is 8.74. The molecule has 96 valence electrons. The summed E-state index contributed by atoms with van der Waals surface area (Å²) in [6.07, 6.45) is 6.04. The van der Waals surface area contributed by atoms with Gasteiger partial charge in [-0.3, -0.25) is 0 Å². The smallest absolute Gasteiger partial charge is 0.0630 e. The van der Waals surface area contributed by atoms with E-state index in [1.807, 2.05) is 18.2 Å². The van der Waals surface area contributed by atoms with Crippen LogP contribution < -0.4 is 11.5 Å². The molecule has 0 saturated carbocycles. The zero-order valence-electron chi connectivity index (χ0n) is 11.1. The number of hydrogen-bond acceptors (Lipinski definition) is 2. The second-order valence-corrected chi connectivity index (χ2v) is 4.89. The van der Waals surface area contributed by atoms with Gasteiger partial charge in [0.2, 0.25) is 0 Å². The number of benzene rings is 2. The third-order valence-corrected chi connectivity index (χ3v) is 3.52. The Morgan fingerprint density at radius 3 is 2.50 bits per heavy atom. The summed E-state index contributed by atoms with van der Waals surface area (Å²) in [4.78, 5) is 0. The van der Waals surface area contributed by atoms with Gasteiger partial charge >= 0.3 is 0 Å². The van der Waals surface area contributed by atoms with Gasteiger partial charge in [-0.25, -0.2) is 0 Å². The first-order valence-corrected chi connectivity index (χ1v) is 6.79. The molecule has 0 atom stereocenters. The van der Waals surface area contributed by atoms with Crippen molar-refractivity contribution in [3.05, 3.63) is 35.9 Å². The topological polar surface area (TPSA) is 52.0 Å². The molecule has 2 aromatic rings. The number of anilines is 2. The van der Waals surface area contributed by atoms with Crippen LogP contribution in [0.4, 0.5) is 11.4 Å². The number of unbranched alkanes of at least 4 members (excludes halogenated alkanes) is 3. The highest BCUT2D eigenvalue weighted by Crippen LogP contribution is 2.31. The van der Waals surface area contributed by atoms with Crippen LogP contribution in [0.1, 0.15) is 38.2 Å². The van der Waals surface area contributed by atoms with E-state index in [1.54, 1.807) is 0 Å². The number of nitrogen functional groups attached to an aromatic ring is 2. The van der Waals surface area contributed by atoms with E-state index in [0.717, 1.165) is 23.2 Å². The van der Waals surface area contributed by atoms with Crippen LogP contribution in [-0.2, 0) is 6.42 Å². The second kappa shape index (κ2) is 5.76. The Morgan fingerprint density at radius 2 is 1.72 bits per heavy atom. The highest BCUT2D eigenvalue weighted by atomic mass is 14.7. The number of rotatable bonds is 5. The van der Waals surface area contributed by atoms with Crippen molar-refractivity contribution in [2.24, 2.45) is 0 Å². The Labute approximate surface area is 109 Å². The molecule has 0 aromatic heterocycles. The van der Waals surface area contributed by atoms with Crippen molar-refractivity contribution in [3.8, 4) is 0 Å². The molecule has 0 saturated heterocycles. The Hall–Kier alpha value is -1.70. The largest absolute Gasteiger partial charge is 0.397 e. The summed E-state index contributed by atoms with van der Waals surface area (Å²) in [5, 5.41) is 2.25. The van der Waals surface area contributed by atoms with Gasteiger partial charge in [0.1, 0.15) is 0 Å². The molecule has 0 bridgehead atoms.